The quantitative estimate of drug-likeness (QED) is 0.899. The standard InChI is InChI=1S/C20H26FN5O/c1-14-22-17(19(27)24-20(2,3)4)13-18(23-14)26-11-9-25(10-12-26)16-7-5-15(21)6-8-16/h5-8,13H,9-12H2,1-4H3,(H,24,27). The molecule has 1 aromatic heterocycles. The molecular weight excluding hydrogens is 345 g/mol. The number of nitrogens with one attached hydrogen (secondary N) is 1. The summed E-state index contributed by atoms with van der Waals surface area (Å²) in [7, 11) is 0. The van der Waals surface area contributed by atoms with E-state index in [9.17, 15) is 9.18 Å². The van der Waals surface area contributed by atoms with Gasteiger partial charge in [0, 0.05) is 43.5 Å². The van der Waals surface area contributed by atoms with Gasteiger partial charge in [0.1, 0.15) is 23.2 Å². The zero-order valence-electron chi connectivity index (χ0n) is 16.3. The van der Waals surface area contributed by atoms with Gasteiger partial charge in [0.05, 0.1) is 0 Å². The first-order valence-electron chi connectivity index (χ1n) is 9.15. The van der Waals surface area contributed by atoms with E-state index in [-0.39, 0.29) is 17.3 Å². The van der Waals surface area contributed by atoms with E-state index in [2.05, 4.69) is 25.1 Å². The molecule has 0 radical (unpaired) electrons. The lowest BCUT2D eigenvalue weighted by Crippen LogP contribution is -2.47. The highest BCUT2D eigenvalue weighted by molar-refractivity contribution is 5.93. The van der Waals surface area contributed by atoms with Crippen LogP contribution in [0.5, 0.6) is 0 Å². The fourth-order valence-electron chi connectivity index (χ4n) is 3.08. The third-order valence-electron chi connectivity index (χ3n) is 4.34. The van der Waals surface area contributed by atoms with Gasteiger partial charge >= 0.3 is 0 Å². The number of amides is 1. The van der Waals surface area contributed by atoms with E-state index in [1.807, 2.05) is 20.8 Å². The number of rotatable bonds is 3. The molecule has 1 aliphatic rings. The van der Waals surface area contributed by atoms with Crippen LogP contribution < -0.4 is 15.1 Å². The van der Waals surface area contributed by atoms with E-state index in [4.69, 9.17) is 0 Å². The van der Waals surface area contributed by atoms with Gasteiger partial charge < -0.3 is 15.1 Å². The molecule has 1 aliphatic heterocycles. The molecule has 2 heterocycles. The number of benzene rings is 1. The molecular formula is C20H26FN5O. The summed E-state index contributed by atoms with van der Waals surface area (Å²) in [5.74, 6) is 0.918. The Hall–Kier alpha value is -2.70. The zero-order valence-corrected chi connectivity index (χ0v) is 16.3. The van der Waals surface area contributed by atoms with Crippen molar-refractivity contribution in [2.24, 2.45) is 0 Å². The van der Waals surface area contributed by atoms with E-state index >= 15 is 0 Å². The van der Waals surface area contributed by atoms with Crippen LogP contribution in [-0.4, -0.2) is 47.6 Å². The van der Waals surface area contributed by atoms with Gasteiger partial charge in [-0.25, -0.2) is 14.4 Å². The first-order valence-corrected chi connectivity index (χ1v) is 9.15. The van der Waals surface area contributed by atoms with Crippen molar-refractivity contribution < 1.29 is 9.18 Å². The summed E-state index contributed by atoms with van der Waals surface area (Å²) in [5, 5.41) is 2.94. The molecule has 0 spiro atoms. The Morgan fingerprint density at radius 1 is 1.04 bits per heavy atom. The number of anilines is 2. The molecule has 6 nitrogen and oxygen atoms in total. The van der Waals surface area contributed by atoms with Gasteiger partial charge in [-0.15, -0.1) is 0 Å². The molecule has 7 heteroatoms. The van der Waals surface area contributed by atoms with Crippen molar-refractivity contribution in [2.75, 3.05) is 36.0 Å². The first-order chi connectivity index (χ1) is 12.7. The SMILES string of the molecule is Cc1nc(C(=O)NC(C)(C)C)cc(N2CCN(c3ccc(F)cc3)CC2)n1. The Kier molecular flexibility index (Phi) is 5.30. The lowest BCUT2D eigenvalue weighted by atomic mass is 10.1. The lowest BCUT2D eigenvalue weighted by molar-refractivity contribution is 0.0914. The maximum Gasteiger partial charge on any atom is 0.270 e. The monoisotopic (exact) mass is 371 g/mol. The number of nitrogens with zero attached hydrogens (tertiary/aromatic N) is 4. The molecule has 0 bridgehead atoms. The van der Waals surface area contributed by atoms with Crippen molar-refractivity contribution in [2.45, 2.75) is 33.2 Å². The lowest BCUT2D eigenvalue weighted by Gasteiger charge is -2.36. The molecule has 1 amide bonds. The molecule has 0 aliphatic carbocycles. The Bertz CT molecular complexity index is 808. The predicted molar refractivity (Wildman–Crippen MR) is 105 cm³/mol. The van der Waals surface area contributed by atoms with Crippen molar-refractivity contribution >= 4 is 17.4 Å². The van der Waals surface area contributed by atoms with Crippen molar-refractivity contribution in [3.05, 3.63) is 47.7 Å². The number of aryl methyl sites for hydroxylation is 1. The van der Waals surface area contributed by atoms with Crippen LogP contribution in [0.3, 0.4) is 0 Å². The van der Waals surface area contributed by atoms with E-state index in [1.54, 1.807) is 25.1 Å². The Labute approximate surface area is 159 Å². The Balaban J connectivity index is 1.70. The highest BCUT2D eigenvalue weighted by Gasteiger charge is 2.22. The zero-order chi connectivity index (χ0) is 19.6. The molecule has 144 valence electrons. The number of hydrogen-bond acceptors (Lipinski definition) is 5. The van der Waals surface area contributed by atoms with Crippen molar-refractivity contribution in [3.8, 4) is 0 Å². The van der Waals surface area contributed by atoms with Gasteiger partial charge in [-0.1, -0.05) is 0 Å². The largest absolute Gasteiger partial charge is 0.368 e. The minimum absolute atomic E-state index is 0.195. The van der Waals surface area contributed by atoms with Crippen LogP contribution in [0.4, 0.5) is 15.9 Å². The second kappa shape index (κ2) is 7.50. The van der Waals surface area contributed by atoms with Crippen molar-refractivity contribution in [3.63, 3.8) is 0 Å². The summed E-state index contributed by atoms with van der Waals surface area (Å²) < 4.78 is 13.1. The molecule has 0 saturated carbocycles. The summed E-state index contributed by atoms with van der Waals surface area (Å²) in [5.41, 5.74) is 1.07. The number of carbonyl (C=O) groups excluding carboxylic acids is 1. The number of aromatic nitrogens is 2. The summed E-state index contributed by atoms with van der Waals surface area (Å²) in [6.45, 7) is 10.8. The second-order valence-electron chi connectivity index (χ2n) is 7.81. The van der Waals surface area contributed by atoms with E-state index in [1.165, 1.54) is 12.1 Å². The summed E-state index contributed by atoms with van der Waals surface area (Å²) in [4.78, 5) is 25.6. The fraction of sp³-hybridized carbons (Fsp3) is 0.450. The third-order valence-corrected chi connectivity index (χ3v) is 4.34. The second-order valence-corrected chi connectivity index (χ2v) is 7.81. The van der Waals surface area contributed by atoms with Gasteiger partial charge in [-0.05, 0) is 52.0 Å². The highest BCUT2D eigenvalue weighted by Crippen LogP contribution is 2.20. The van der Waals surface area contributed by atoms with Crippen LogP contribution in [0.1, 0.15) is 37.1 Å². The number of carbonyl (C=O) groups is 1. The molecule has 1 saturated heterocycles. The van der Waals surface area contributed by atoms with Crippen LogP contribution in [0.25, 0.3) is 0 Å². The van der Waals surface area contributed by atoms with E-state index < -0.39 is 0 Å². The number of piperazine rings is 1. The molecule has 27 heavy (non-hydrogen) atoms. The van der Waals surface area contributed by atoms with Gasteiger partial charge in [-0.3, -0.25) is 4.79 Å². The van der Waals surface area contributed by atoms with Crippen LogP contribution in [0, 0.1) is 12.7 Å². The highest BCUT2D eigenvalue weighted by atomic mass is 19.1. The topological polar surface area (TPSA) is 61.4 Å². The Morgan fingerprint density at radius 3 is 2.22 bits per heavy atom. The Morgan fingerprint density at radius 2 is 1.63 bits per heavy atom. The first kappa shape index (κ1) is 19.1. The number of hydrogen-bond donors (Lipinski definition) is 1. The van der Waals surface area contributed by atoms with Crippen LogP contribution >= 0.6 is 0 Å². The van der Waals surface area contributed by atoms with Crippen molar-refractivity contribution in [1.82, 2.24) is 15.3 Å². The van der Waals surface area contributed by atoms with Gasteiger partial charge in [-0.2, -0.15) is 0 Å². The van der Waals surface area contributed by atoms with E-state index in [0.29, 0.717) is 11.5 Å². The van der Waals surface area contributed by atoms with Crippen LogP contribution in [0.15, 0.2) is 30.3 Å². The van der Waals surface area contributed by atoms with E-state index in [0.717, 1.165) is 37.7 Å². The van der Waals surface area contributed by atoms with Gasteiger partial charge in [0.15, 0.2) is 0 Å². The molecule has 1 fully saturated rings. The van der Waals surface area contributed by atoms with Gasteiger partial charge in [0.2, 0.25) is 0 Å². The summed E-state index contributed by atoms with van der Waals surface area (Å²) >= 11 is 0. The fourth-order valence-corrected chi connectivity index (χ4v) is 3.08. The maximum absolute atomic E-state index is 13.1. The summed E-state index contributed by atoms with van der Waals surface area (Å²) in [6.07, 6.45) is 0. The van der Waals surface area contributed by atoms with Crippen LogP contribution in [-0.2, 0) is 0 Å². The average Bonchev–Trinajstić information content (AvgIpc) is 2.60. The molecule has 3 rings (SSSR count). The van der Waals surface area contributed by atoms with Crippen molar-refractivity contribution in [1.29, 1.82) is 0 Å². The maximum atomic E-state index is 13.1. The smallest absolute Gasteiger partial charge is 0.270 e. The molecule has 1 aromatic carbocycles. The molecule has 0 unspecified atom stereocenters. The number of halogens is 1. The minimum atomic E-state index is -0.323. The van der Waals surface area contributed by atoms with Gasteiger partial charge in [0.25, 0.3) is 5.91 Å². The third kappa shape index (κ3) is 4.93. The molecule has 2 aromatic rings. The predicted octanol–water partition coefficient (Wildman–Crippen LogP) is 2.78. The average molecular weight is 371 g/mol. The minimum Gasteiger partial charge on any atom is -0.368 e. The molecule has 0 atom stereocenters. The van der Waals surface area contributed by atoms with Crippen LogP contribution in [0.2, 0.25) is 0 Å². The molecule has 1 N–H and O–H groups in total. The summed E-state index contributed by atoms with van der Waals surface area (Å²) in [6, 6.07) is 8.32. The normalized spacial score (nSPS) is 15.0.